The lowest BCUT2D eigenvalue weighted by Crippen LogP contribution is -2.17. The van der Waals surface area contributed by atoms with Crippen molar-refractivity contribution in [1.29, 1.82) is 0 Å². The average Bonchev–Trinajstić information content (AvgIpc) is 3.16. The predicted octanol–water partition coefficient (Wildman–Crippen LogP) is 2.97. The van der Waals surface area contributed by atoms with Gasteiger partial charge in [-0.25, -0.2) is 5.43 Å². The Morgan fingerprint density at radius 2 is 1.79 bits per heavy atom. The molecule has 2 N–H and O–H groups in total. The monoisotopic (exact) mass is 383 g/mol. The number of methoxy groups -OCH3 is 4. The van der Waals surface area contributed by atoms with E-state index in [0.29, 0.717) is 34.3 Å². The van der Waals surface area contributed by atoms with Crippen molar-refractivity contribution in [2.24, 2.45) is 5.10 Å². The number of hydrazone groups is 1. The van der Waals surface area contributed by atoms with Crippen LogP contribution in [-0.4, -0.2) is 45.5 Å². The Bertz CT molecular complexity index is 1030. The number of amides is 1. The molecule has 2 aromatic carbocycles. The summed E-state index contributed by atoms with van der Waals surface area (Å²) in [6.07, 6.45) is 1.49. The van der Waals surface area contributed by atoms with E-state index in [1.165, 1.54) is 6.21 Å². The molecule has 146 valence electrons. The van der Waals surface area contributed by atoms with Crippen LogP contribution >= 0.6 is 0 Å². The van der Waals surface area contributed by atoms with Gasteiger partial charge in [-0.2, -0.15) is 5.10 Å². The van der Waals surface area contributed by atoms with Crippen molar-refractivity contribution in [2.75, 3.05) is 28.4 Å². The van der Waals surface area contributed by atoms with E-state index in [0.717, 1.165) is 10.9 Å². The second-order valence-electron chi connectivity index (χ2n) is 5.76. The van der Waals surface area contributed by atoms with Crippen LogP contribution in [0.3, 0.4) is 0 Å². The minimum Gasteiger partial charge on any atom is -0.497 e. The molecule has 0 unspecified atom stereocenters. The molecule has 0 radical (unpaired) electrons. The first-order valence-electron chi connectivity index (χ1n) is 8.40. The maximum Gasteiger partial charge on any atom is 0.287 e. The van der Waals surface area contributed by atoms with Crippen molar-refractivity contribution >= 4 is 23.0 Å². The van der Waals surface area contributed by atoms with E-state index in [1.54, 1.807) is 58.8 Å². The van der Waals surface area contributed by atoms with Crippen molar-refractivity contribution < 1.29 is 23.7 Å². The number of rotatable bonds is 7. The van der Waals surface area contributed by atoms with E-state index >= 15 is 0 Å². The summed E-state index contributed by atoms with van der Waals surface area (Å²) in [7, 11) is 6.23. The van der Waals surface area contributed by atoms with Gasteiger partial charge in [0.05, 0.1) is 40.2 Å². The first-order valence-corrected chi connectivity index (χ1v) is 8.40. The highest BCUT2D eigenvalue weighted by molar-refractivity contribution is 6.00. The summed E-state index contributed by atoms with van der Waals surface area (Å²) in [4.78, 5) is 15.5. The molecule has 0 atom stereocenters. The molecule has 3 aromatic rings. The van der Waals surface area contributed by atoms with Gasteiger partial charge in [0.2, 0.25) is 0 Å². The Labute approximate surface area is 162 Å². The third kappa shape index (κ3) is 3.71. The zero-order chi connectivity index (χ0) is 20.1. The summed E-state index contributed by atoms with van der Waals surface area (Å²) < 4.78 is 21.2. The van der Waals surface area contributed by atoms with Crippen LogP contribution in [0.4, 0.5) is 0 Å². The maximum absolute atomic E-state index is 12.5. The van der Waals surface area contributed by atoms with Gasteiger partial charge < -0.3 is 23.9 Å². The highest BCUT2D eigenvalue weighted by atomic mass is 16.5. The number of ether oxygens (including phenoxy) is 4. The van der Waals surface area contributed by atoms with Crippen LogP contribution in [0.15, 0.2) is 41.5 Å². The Morgan fingerprint density at radius 3 is 2.46 bits per heavy atom. The van der Waals surface area contributed by atoms with Crippen LogP contribution in [0.2, 0.25) is 0 Å². The molecule has 0 aliphatic rings. The van der Waals surface area contributed by atoms with Gasteiger partial charge >= 0.3 is 0 Å². The standard InChI is InChI=1S/C20H21N3O5/c1-25-13-8-15-14(18(9-13)27-3)10-16(22-15)20(24)23-21-11-12-6-5-7-17(26-2)19(12)28-4/h5-11,22H,1-4H3,(H,23,24)/b21-11+. The van der Waals surface area contributed by atoms with E-state index in [2.05, 4.69) is 15.5 Å². The molecular formula is C20H21N3O5. The third-order valence-electron chi connectivity index (χ3n) is 4.18. The second kappa shape index (κ2) is 8.34. The molecule has 0 saturated carbocycles. The number of hydrogen-bond acceptors (Lipinski definition) is 6. The van der Waals surface area contributed by atoms with Crippen molar-refractivity contribution in [2.45, 2.75) is 0 Å². The third-order valence-corrected chi connectivity index (χ3v) is 4.18. The lowest BCUT2D eigenvalue weighted by atomic mass is 10.2. The molecule has 0 spiro atoms. The SMILES string of the molecule is COc1cc(OC)c2cc(C(=O)N/N=C/c3cccc(OC)c3OC)[nH]c2c1. The molecule has 3 rings (SSSR count). The number of aromatic amines is 1. The summed E-state index contributed by atoms with van der Waals surface area (Å²) >= 11 is 0. The molecule has 1 amide bonds. The van der Waals surface area contributed by atoms with Gasteiger partial charge in [0.15, 0.2) is 11.5 Å². The number of fused-ring (bicyclic) bond motifs is 1. The van der Waals surface area contributed by atoms with Gasteiger partial charge in [0.25, 0.3) is 5.91 Å². The van der Waals surface area contributed by atoms with Crippen LogP contribution in [-0.2, 0) is 0 Å². The number of carbonyl (C=O) groups is 1. The van der Waals surface area contributed by atoms with Crippen molar-refractivity contribution in [3.05, 3.63) is 47.7 Å². The Kier molecular flexibility index (Phi) is 5.69. The zero-order valence-corrected chi connectivity index (χ0v) is 16.0. The van der Waals surface area contributed by atoms with Crippen molar-refractivity contribution in [1.82, 2.24) is 10.4 Å². The Morgan fingerprint density at radius 1 is 1.00 bits per heavy atom. The first-order chi connectivity index (χ1) is 13.6. The lowest BCUT2D eigenvalue weighted by molar-refractivity contribution is 0.0951. The number of H-pyrrole nitrogens is 1. The molecular weight excluding hydrogens is 362 g/mol. The van der Waals surface area contributed by atoms with Crippen LogP contribution in [0.1, 0.15) is 16.1 Å². The normalized spacial score (nSPS) is 10.9. The minimum atomic E-state index is -0.393. The minimum absolute atomic E-state index is 0.344. The van der Waals surface area contributed by atoms with Gasteiger partial charge in [-0.1, -0.05) is 6.07 Å². The number of aromatic nitrogens is 1. The second-order valence-corrected chi connectivity index (χ2v) is 5.76. The molecule has 0 saturated heterocycles. The van der Waals surface area contributed by atoms with E-state index in [4.69, 9.17) is 18.9 Å². The lowest BCUT2D eigenvalue weighted by Gasteiger charge is -2.09. The Hall–Kier alpha value is -3.68. The Balaban J connectivity index is 1.81. The molecule has 0 bridgehead atoms. The molecule has 1 aromatic heterocycles. The molecule has 28 heavy (non-hydrogen) atoms. The fraction of sp³-hybridized carbons (Fsp3) is 0.200. The molecule has 8 heteroatoms. The summed E-state index contributed by atoms with van der Waals surface area (Å²) in [6, 6.07) is 10.6. The van der Waals surface area contributed by atoms with Gasteiger partial charge in [-0.3, -0.25) is 4.79 Å². The largest absolute Gasteiger partial charge is 0.497 e. The van der Waals surface area contributed by atoms with E-state index in [1.807, 2.05) is 6.07 Å². The van der Waals surface area contributed by atoms with Crippen molar-refractivity contribution in [3.8, 4) is 23.0 Å². The number of hydrogen-bond donors (Lipinski definition) is 2. The predicted molar refractivity (Wildman–Crippen MR) is 106 cm³/mol. The fourth-order valence-electron chi connectivity index (χ4n) is 2.82. The van der Waals surface area contributed by atoms with Crippen LogP contribution in [0, 0.1) is 0 Å². The molecule has 0 fully saturated rings. The summed E-state index contributed by atoms with van der Waals surface area (Å²) in [6.45, 7) is 0. The maximum atomic E-state index is 12.5. The van der Waals surface area contributed by atoms with Crippen LogP contribution < -0.4 is 24.4 Å². The smallest absolute Gasteiger partial charge is 0.287 e. The summed E-state index contributed by atoms with van der Waals surface area (Å²) in [5, 5.41) is 4.78. The van der Waals surface area contributed by atoms with Gasteiger partial charge in [0, 0.05) is 23.1 Å². The van der Waals surface area contributed by atoms with Gasteiger partial charge in [-0.05, 0) is 18.2 Å². The van der Waals surface area contributed by atoms with E-state index in [-0.39, 0.29) is 0 Å². The van der Waals surface area contributed by atoms with E-state index in [9.17, 15) is 4.79 Å². The number of carbonyl (C=O) groups excluding carboxylic acids is 1. The zero-order valence-electron chi connectivity index (χ0n) is 16.0. The summed E-state index contributed by atoms with van der Waals surface area (Å²) in [5.74, 6) is 1.95. The molecule has 1 heterocycles. The highest BCUT2D eigenvalue weighted by Crippen LogP contribution is 2.32. The molecule has 8 nitrogen and oxygen atoms in total. The van der Waals surface area contributed by atoms with Crippen LogP contribution in [0.25, 0.3) is 10.9 Å². The number of para-hydroxylation sites is 1. The number of benzene rings is 2. The highest BCUT2D eigenvalue weighted by Gasteiger charge is 2.14. The quantitative estimate of drug-likeness (QED) is 0.483. The number of nitrogens with one attached hydrogen (secondary N) is 2. The molecule has 0 aliphatic heterocycles. The van der Waals surface area contributed by atoms with Gasteiger partial charge in [0.1, 0.15) is 17.2 Å². The average molecular weight is 383 g/mol. The number of nitrogens with zero attached hydrogens (tertiary/aromatic N) is 1. The summed E-state index contributed by atoms with van der Waals surface area (Å²) in [5.41, 5.74) is 4.23. The van der Waals surface area contributed by atoms with Crippen molar-refractivity contribution in [3.63, 3.8) is 0 Å². The fourth-order valence-corrected chi connectivity index (χ4v) is 2.82. The van der Waals surface area contributed by atoms with Crippen LogP contribution in [0.5, 0.6) is 23.0 Å². The van der Waals surface area contributed by atoms with E-state index < -0.39 is 5.91 Å². The van der Waals surface area contributed by atoms with Gasteiger partial charge in [-0.15, -0.1) is 0 Å². The molecule has 0 aliphatic carbocycles. The topological polar surface area (TPSA) is 94.2 Å². The first kappa shape index (κ1) is 19.1.